The third kappa shape index (κ3) is 4.79. The number of nitro benzene ring substituents is 1. The standard InChI is InChI=1S/C22H17NO7/c1-14-11-19(25)21(22(26)30-14)18(24)9-7-15-8-10-20(17(12-15)23(27)28)29-13-16-5-3-2-4-6-16/h2-12,25H,13H2,1H3/b9-7+. The Labute approximate surface area is 170 Å². The molecule has 0 aliphatic carbocycles. The van der Waals surface area contributed by atoms with Gasteiger partial charge in [0, 0.05) is 12.1 Å². The summed E-state index contributed by atoms with van der Waals surface area (Å²) >= 11 is 0. The molecule has 8 heteroatoms. The molecule has 3 rings (SSSR count). The van der Waals surface area contributed by atoms with E-state index in [0.29, 0.717) is 5.56 Å². The molecular weight excluding hydrogens is 390 g/mol. The Bertz CT molecular complexity index is 1180. The fraction of sp³-hybridized carbons (Fsp3) is 0.0909. The van der Waals surface area contributed by atoms with E-state index in [9.17, 15) is 24.8 Å². The SMILES string of the molecule is Cc1cc(O)c(C(=O)/C=C/c2ccc(OCc3ccccc3)c([N+](=O)[O-])c2)c(=O)o1. The van der Waals surface area contributed by atoms with Crippen molar-refractivity contribution in [3.63, 3.8) is 0 Å². The van der Waals surface area contributed by atoms with Gasteiger partial charge in [-0.1, -0.05) is 42.5 Å². The summed E-state index contributed by atoms with van der Waals surface area (Å²) in [5.74, 6) is -1.02. The van der Waals surface area contributed by atoms with E-state index in [1.54, 1.807) is 0 Å². The number of carbonyl (C=O) groups is 1. The van der Waals surface area contributed by atoms with Crippen LogP contribution in [0.15, 0.2) is 69.9 Å². The van der Waals surface area contributed by atoms with Gasteiger partial charge in [-0.05, 0) is 30.2 Å². The lowest BCUT2D eigenvalue weighted by atomic mass is 10.1. The second-order valence-electron chi connectivity index (χ2n) is 6.36. The van der Waals surface area contributed by atoms with Crippen LogP contribution in [0, 0.1) is 17.0 Å². The maximum Gasteiger partial charge on any atom is 0.351 e. The minimum Gasteiger partial charge on any atom is -0.507 e. The molecule has 3 aromatic rings. The molecule has 0 saturated heterocycles. The van der Waals surface area contributed by atoms with Crippen molar-refractivity contribution in [2.75, 3.05) is 0 Å². The van der Waals surface area contributed by atoms with E-state index in [2.05, 4.69) is 0 Å². The van der Waals surface area contributed by atoms with Crippen molar-refractivity contribution in [1.82, 2.24) is 0 Å². The average Bonchev–Trinajstić information content (AvgIpc) is 2.71. The van der Waals surface area contributed by atoms with Crippen LogP contribution in [0.5, 0.6) is 11.5 Å². The van der Waals surface area contributed by atoms with Crippen molar-refractivity contribution < 1.29 is 24.0 Å². The van der Waals surface area contributed by atoms with Gasteiger partial charge in [0.15, 0.2) is 11.5 Å². The van der Waals surface area contributed by atoms with Gasteiger partial charge in [0.1, 0.15) is 23.7 Å². The number of aryl methyl sites for hydroxylation is 1. The Morgan fingerprint density at radius 1 is 1.20 bits per heavy atom. The first-order chi connectivity index (χ1) is 14.3. The predicted molar refractivity (Wildman–Crippen MR) is 109 cm³/mol. The van der Waals surface area contributed by atoms with Crippen LogP contribution in [-0.4, -0.2) is 15.8 Å². The van der Waals surface area contributed by atoms with Gasteiger partial charge in [-0.3, -0.25) is 14.9 Å². The summed E-state index contributed by atoms with van der Waals surface area (Å²) in [7, 11) is 0. The summed E-state index contributed by atoms with van der Waals surface area (Å²) in [4.78, 5) is 34.9. The molecule has 30 heavy (non-hydrogen) atoms. The number of ether oxygens (including phenoxy) is 1. The average molecular weight is 407 g/mol. The van der Waals surface area contributed by atoms with Crippen molar-refractivity contribution in [3.05, 3.63) is 104 Å². The first kappa shape index (κ1) is 20.5. The smallest absolute Gasteiger partial charge is 0.351 e. The van der Waals surface area contributed by atoms with E-state index in [0.717, 1.165) is 17.7 Å². The summed E-state index contributed by atoms with van der Waals surface area (Å²) in [6.45, 7) is 1.63. The number of ketones is 1. The predicted octanol–water partition coefficient (Wildman–Crippen LogP) is 4.04. The number of benzene rings is 2. The van der Waals surface area contributed by atoms with Crippen molar-refractivity contribution in [3.8, 4) is 11.5 Å². The summed E-state index contributed by atoms with van der Waals surface area (Å²) in [5.41, 5.74) is -0.526. The van der Waals surface area contributed by atoms with Gasteiger partial charge in [-0.2, -0.15) is 0 Å². The van der Waals surface area contributed by atoms with Crippen molar-refractivity contribution in [2.24, 2.45) is 0 Å². The van der Waals surface area contributed by atoms with E-state index in [1.807, 2.05) is 30.3 Å². The Balaban J connectivity index is 1.81. The van der Waals surface area contributed by atoms with Crippen molar-refractivity contribution >= 4 is 17.5 Å². The van der Waals surface area contributed by atoms with Crippen LogP contribution < -0.4 is 10.4 Å². The van der Waals surface area contributed by atoms with Crippen LogP contribution >= 0.6 is 0 Å². The third-order valence-electron chi connectivity index (χ3n) is 4.14. The highest BCUT2D eigenvalue weighted by Gasteiger charge is 2.18. The Kier molecular flexibility index (Phi) is 6.07. The van der Waals surface area contributed by atoms with Crippen molar-refractivity contribution in [1.29, 1.82) is 0 Å². The van der Waals surface area contributed by atoms with Crippen LogP contribution in [0.1, 0.15) is 27.2 Å². The summed E-state index contributed by atoms with van der Waals surface area (Å²) in [6, 6.07) is 14.6. The van der Waals surface area contributed by atoms with Crippen molar-refractivity contribution in [2.45, 2.75) is 13.5 Å². The number of hydrogen-bond donors (Lipinski definition) is 1. The zero-order valence-corrected chi connectivity index (χ0v) is 15.9. The van der Waals surface area contributed by atoms with E-state index >= 15 is 0 Å². The molecule has 1 heterocycles. The van der Waals surface area contributed by atoms with Gasteiger partial charge in [0.2, 0.25) is 0 Å². The Morgan fingerprint density at radius 3 is 2.60 bits per heavy atom. The molecule has 0 aliphatic rings. The van der Waals surface area contributed by atoms with Gasteiger partial charge < -0.3 is 14.3 Å². The molecule has 0 amide bonds. The van der Waals surface area contributed by atoms with Crippen LogP contribution in [0.25, 0.3) is 6.08 Å². The number of nitrogens with zero attached hydrogens (tertiary/aromatic N) is 1. The maximum atomic E-state index is 12.3. The quantitative estimate of drug-likeness (QED) is 0.272. The fourth-order valence-corrected chi connectivity index (χ4v) is 2.72. The van der Waals surface area contributed by atoms with Gasteiger partial charge in [0.05, 0.1) is 4.92 Å². The second-order valence-corrected chi connectivity index (χ2v) is 6.36. The first-order valence-corrected chi connectivity index (χ1v) is 8.86. The van der Waals surface area contributed by atoms with Crippen LogP contribution in [0.4, 0.5) is 5.69 Å². The number of nitro groups is 1. The van der Waals surface area contributed by atoms with E-state index in [-0.39, 0.29) is 23.8 Å². The molecule has 0 spiro atoms. The molecule has 0 unspecified atom stereocenters. The summed E-state index contributed by atoms with van der Waals surface area (Å²) in [5, 5.41) is 21.2. The molecule has 2 aromatic carbocycles. The van der Waals surface area contributed by atoms with Gasteiger partial charge in [0.25, 0.3) is 0 Å². The number of hydrogen-bond acceptors (Lipinski definition) is 7. The third-order valence-corrected chi connectivity index (χ3v) is 4.14. The highest BCUT2D eigenvalue weighted by atomic mass is 16.6. The summed E-state index contributed by atoms with van der Waals surface area (Å²) < 4.78 is 10.4. The molecule has 0 aliphatic heterocycles. The van der Waals surface area contributed by atoms with E-state index in [4.69, 9.17) is 9.15 Å². The Hall–Kier alpha value is -4.20. The van der Waals surface area contributed by atoms with Gasteiger partial charge in [-0.25, -0.2) is 4.79 Å². The molecule has 8 nitrogen and oxygen atoms in total. The minimum absolute atomic E-state index is 0.0872. The number of aromatic hydroxyl groups is 1. The van der Waals surface area contributed by atoms with Crippen LogP contribution in [0.3, 0.4) is 0 Å². The van der Waals surface area contributed by atoms with E-state index in [1.165, 1.54) is 31.2 Å². The molecule has 0 bridgehead atoms. The molecule has 152 valence electrons. The first-order valence-electron chi connectivity index (χ1n) is 8.86. The molecule has 0 saturated carbocycles. The zero-order chi connectivity index (χ0) is 21.7. The largest absolute Gasteiger partial charge is 0.507 e. The lowest BCUT2D eigenvalue weighted by Gasteiger charge is -2.07. The molecule has 1 N–H and O–H groups in total. The highest BCUT2D eigenvalue weighted by molar-refractivity contribution is 6.08. The fourth-order valence-electron chi connectivity index (χ4n) is 2.72. The molecule has 0 fully saturated rings. The number of allylic oxidation sites excluding steroid dienone is 1. The molecule has 1 aromatic heterocycles. The topological polar surface area (TPSA) is 120 Å². The highest BCUT2D eigenvalue weighted by Crippen LogP contribution is 2.29. The monoisotopic (exact) mass is 407 g/mol. The van der Waals surface area contributed by atoms with Crippen LogP contribution in [-0.2, 0) is 6.61 Å². The second kappa shape index (κ2) is 8.87. The van der Waals surface area contributed by atoms with Gasteiger partial charge >= 0.3 is 11.3 Å². The van der Waals surface area contributed by atoms with E-state index < -0.39 is 27.6 Å². The Morgan fingerprint density at radius 2 is 1.93 bits per heavy atom. The molecular formula is C22H17NO7. The lowest BCUT2D eigenvalue weighted by Crippen LogP contribution is -2.12. The molecule has 0 radical (unpaired) electrons. The number of rotatable bonds is 7. The van der Waals surface area contributed by atoms with Crippen LogP contribution in [0.2, 0.25) is 0 Å². The van der Waals surface area contributed by atoms with Gasteiger partial charge in [-0.15, -0.1) is 0 Å². The zero-order valence-electron chi connectivity index (χ0n) is 15.9. The lowest BCUT2D eigenvalue weighted by molar-refractivity contribution is -0.386. The minimum atomic E-state index is -0.960. The normalized spacial score (nSPS) is 10.8. The molecule has 0 atom stereocenters. The maximum absolute atomic E-state index is 12.3. The summed E-state index contributed by atoms with van der Waals surface area (Å²) in [6.07, 6.45) is 2.33. The number of carbonyl (C=O) groups excluding carboxylic acids is 1.